The minimum Gasteiger partial charge on any atom is -0.349 e. The van der Waals surface area contributed by atoms with Crippen LogP contribution in [0.1, 0.15) is 11.1 Å². The summed E-state index contributed by atoms with van der Waals surface area (Å²) >= 11 is 2.67. The van der Waals surface area contributed by atoms with Gasteiger partial charge in [-0.3, -0.25) is 14.2 Å². The van der Waals surface area contributed by atoms with Crippen LogP contribution in [-0.4, -0.2) is 31.2 Å². The molecule has 0 saturated carbocycles. The zero-order valence-electron chi connectivity index (χ0n) is 19.5. The summed E-state index contributed by atoms with van der Waals surface area (Å²) in [6.45, 7) is 3.98. The molecular weight excluding hydrogens is 490 g/mol. The first kappa shape index (κ1) is 22.5. The van der Waals surface area contributed by atoms with Crippen LogP contribution >= 0.6 is 23.1 Å². The fourth-order valence-electron chi connectivity index (χ4n) is 4.24. The average molecular weight is 512 g/mol. The average Bonchev–Trinajstić information content (AvgIpc) is 3.44. The zero-order chi connectivity index (χ0) is 24.8. The van der Waals surface area contributed by atoms with Gasteiger partial charge in [-0.2, -0.15) is 0 Å². The number of aryl methyl sites for hydroxylation is 2. The number of aromatic nitrogens is 4. The van der Waals surface area contributed by atoms with Crippen molar-refractivity contribution in [3.63, 3.8) is 0 Å². The van der Waals surface area contributed by atoms with Gasteiger partial charge in [-0.15, -0.1) is 0 Å². The Hall–Kier alpha value is -3.95. The molecule has 178 valence electrons. The lowest BCUT2D eigenvalue weighted by molar-refractivity contribution is -0.113. The number of thiazole rings is 1. The lowest BCUT2D eigenvalue weighted by Gasteiger charge is -2.14. The summed E-state index contributed by atoms with van der Waals surface area (Å²) < 4.78 is 2.61. The molecule has 0 aliphatic rings. The summed E-state index contributed by atoms with van der Waals surface area (Å²) in [6.07, 6.45) is 0. The summed E-state index contributed by atoms with van der Waals surface area (Å²) in [4.78, 5) is 39.2. The molecule has 7 nitrogen and oxygen atoms in total. The molecule has 0 bridgehead atoms. The zero-order valence-corrected chi connectivity index (χ0v) is 21.2. The molecule has 0 unspecified atom stereocenters. The number of para-hydroxylation sites is 2. The van der Waals surface area contributed by atoms with Crippen LogP contribution < -0.4 is 10.9 Å². The van der Waals surface area contributed by atoms with E-state index in [1.807, 2.05) is 74.5 Å². The van der Waals surface area contributed by atoms with Crippen LogP contribution in [0.25, 0.3) is 37.8 Å². The normalized spacial score (nSPS) is 11.5. The van der Waals surface area contributed by atoms with Crippen molar-refractivity contribution in [1.82, 2.24) is 19.5 Å². The number of aromatic amines is 1. The Balaban J connectivity index is 1.37. The number of rotatable bonds is 5. The van der Waals surface area contributed by atoms with Crippen molar-refractivity contribution in [3.05, 3.63) is 88.2 Å². The van der Waals surface area contributed by atoms with E-state index in [0.29, 0.717) is 21.3 Å². The van der Waals surface area contributed by atoms with E-state index in [-0.39, 0.29) is 17.2 Å². The number of fused-ring (bicyclic) bond motifs is 4. The van der Waals surface area contributed by atoms with E-state index in [4.69, 9.17) is 4.98 Å². The molecule has 0 aliphatic heterocycles. The van der Waals surface area contributed by atoms with Crippen molar-refractivity contribution in [2.24, 2.45) is 0 Å². The molecule has 2 N–H and O–H groups in total. The van der Waals surface area contributed by atoms with Crippen LogP contribution in [0, 0.1) is 13.8 Å². The highest BCUT2D eigenvalue weighted by Gasteiger charge is 2.19. The maximum absolute atomic E-state index is 13.7. The van der Waals surface area contributed by atoms with E-state index in [2.05, 4.69) is 21.4 Å². The van der Waals surface area contributed by atoms with Crippen molar-refractivity contribution < 1.29 is 4.79 Å². The number of benzene rings is 3. The molecule has 6 aromatic rings. The number of nitrogens with one attached hydrogen (secondary N) is 2. The Bertz CT molecular complexity index is 1850. The summed E-state index contributed by atoms with van der Waals surface area (Å²) in [5, 5.41) is 4.78. The molecule has 0 atom stereocenters. The predicted molar refractivity (Wildman–Crippen MR) is 148 cm³/mol. The van der Waals surface area contributed by atoms with E-state index in [0.717, 1.165) is 37.9 Å². The number of thioether (sulfide) groups is 1. The summed E-state index contributed by atoms with van der Waals surface area (Å²) in [6, 6.07) is 21.4. The molecule has 0 spiro atoms. The Morgan fingerprint density at radius 2 is 1.86 bits per heavy atom. The molecule has 36 heavy (non-hydrogen) atoms. The van der Waals surface area contributed by atoms with Gasteiger partial charge in [0, 0.05) is 10.9 Å². The number of carbonyl (C=O) groups excluding carboxylic acids is 1. The first-order valence-electron chi connectivity index (χ1n) is 11.4. The van der Waals surface area contributed by atoms with Gasteiger partial charge >= 0.3 is 0 Å². The predicted octanol–water partition coefficient (Wildman–Crippen LogP) is 5.82. The lowest BCUT2D eigenvalue weighted by Crippen LogP contribution is -2.23. The van der Waals surface area contributed by atoms with Gasteiger partial charge in [0.05, 0.1) is 21.7 Å². The van der Waals surface area contributed by atoms with Crippen LogP contribution in [0.2, 0.25) is 0 Å². The Kier molecular flexibility index (Phi) is 5.58. The first-order chi connectivity index (χ1) is 17.5. The fourth-order valence-corrected chi connectivity index (χ4v) is 6.02. The second-order valence-electron chi connectivity index (χ2n) is 8.54. The van der Waals surface area contributed by atoms with Crippen LogP contribution in [0.5, 0.6) is 0 Å². The Labute approximate surface area is 214 Å². The number of amides is 1. The summed E-state index contributed by atoms with van der Waals surface area (Å²) in [5.41, 5.74) is 5.37. The number of hydrogen-bond donors (Lipinski definition) is 2. The topological polar surface area (TPSA) is 92.7 Å². The molecular formula is C27H21N5O2S2. The van der Waals surface area contributed by atoms with Gasteiger partial charge in [-0.05, 0) is 49.2 Å². The minimum absolute atomic E-state index is 0.0845. The highest BCUT2D eigenvalue weighted by molar-refractivity contribution is 7.99. The standard InChI is InChI=1S/C27H21N5O2S2/c1-15-11-12-19-21(13-15)36-26(29-19)30-22(33)14-35-27-31-23-17-8-4-5-9-18(17)28-24(23)25(34)32(27)20-10-6-3-7-16(20)2/h3-13,28H,14H2,1-2H3,(H,29,30,33). The number of hydrogen-bond acceptors (Lipinski definition) is 6. The third kappa shape index (κ3) is 3.96. The van der Waals surface area contributed by atoms with Gasteiger partial charge in [0.25, 0.3) is 5.56 Å². The first-order valence-corrected chi connectivity index (χ1v) is 13.2. The van der Waals surface area contributed by atoms with Gasteiger partial charge in [-0.25, -0.2) is 9.97 Å². The van der Waals surface area contributed by atoms with Gasteiger partial charge in [0.1, 0.15) is 11.0 Å². The molecule has 0 fully saturated rings. The molecule has 3 aromatic heterocycles. The maximum atomic E-state index is 13.7. The van der Waals surface area contributed by atoms with Crippen molar-refractivity contribution in [2.45, 2.75) is 19.0 Å². The van der Waals surface area contributed by atoms with Gasteiger partial charge in [0.2, 0.25) is 5.91 Å². The number of anilines is 1. The Morgan fingerprint density at radius 3 is 2.72 bits per heavy atom. The smallest absolute Gasteiger partial charge is 0.283 e. The fraction of sp³-hybridized carbons (Fsp3) is 0.111. The molecule has 3 heterocycles. The molecule has 0 radical (unpaired) electrons. The van der Waals surface area contributed by atoms with E-state index >= 15 is 0 Å². The Morgan fingerprint density at radius 1 is 1.06 bits per heavy atom. The van der Waals surface area contributed by atoms with Gasteiger partial charge in [-0.1, -0.05) is 65.6 Å². The highest BCUT2D eigenvalue weighted by Crippen LogP contribution is 2.29. The molecule has 0 saturated heterocycles. The summed E-state index contributed by atoms with van der Waals surface area (Å²) in [5.74, 6) is -0.124. The lowest BCUT2D eigenvalue weighted by atomic mass is 10.2. The second-order valence-corrected chi connectivity index (χ2v) is 10.5. The van der Waals surface area contributed by atoms with E-state index in [9.17, 15) is 9.59 Å². The van der Waals surface area contributed by atoms with Crippen molar-refractivity contribution in [2.75, 3.05) is 11.1 Å². The monoisotopic (exact) mass is 511 g/mol. The molecule has 0 aliphatic carbocycles. The second kappa shape index (κ2) is 8.92. The van der Waals surface area contributed by atoms with Gasteiger partial charge < -0.3 is 10.3 Å². The highest BCUT2D eigenvalue weighted by atomic mass is 32.2. The van der Waals surface area contributed by atoms with E-state index < -0.39 is 0 Å². The van der Waals surface area contributed by atoms with Crippen LogP contribution in [-0.2, 0) is 4.79 Å². The third-order valence-corrected chi connectivity index (χ3v) is 7.85. The SMILES string of the molecule is Cc1ccc2nc(NC(=O)CSc3nc4c([nH]c5ccccc54)c(=O)n3-c3ccccc3C)sc2c1. The quantitative estimate of drug-likeness (QED) is 0.225. The van der Waals surface area contributed by atoms with Crippen molar-refractivity contribution >= 4 is 66.3 Å². The van der Waals surface area contributed by atoms with Crippen molar-refractivity contribution in [3.8, 4) is 5.69 Å². The minimum atomic E-state index is -0.208. The largest absolute Gasteiger partial charge is 0.349 e. The maximum Gasteiger partial charge on any atom is 0.283 e. The van der Waals surface area contributed by atoms with Crippen LogP contribution in [0.15, 0.2) is 76.7 Å². The molecule has 6 rings (SSSR count). The summed E-state index contributed by atoms with van der Waals surface area (Å²) in [7, 11) is 0. The number of carbonyl (C=O) groups is 1. The van der Waals surface area contributed by atoms with Crippen molar-refractivity contribution in [1.29, 1.82) is 0 Å². The van der Waals surface area contributed by atoms with Gasteiger partial charge in [0.15, 0.2) is 10.3 Å². The van der Waals surface area contributed by atoms with Crippen LogP contribution in [0.4, 0.5) is 5.13 Å². The molecule has 9 heteroatoms. The number of H-pyrrole nitrogens is 1. The van der Waals surface area contributed by atoms with E-state index in [1.165, 1.54) is 23.1 Å². The molecule has 1 amide bonds. The third-order valence-electron chi connectivity index (χ3n) is 5.97. The van der Waals surface area contributed by atoms with Crippen LogP contribution in [0.3, 0.4) is 0 Å². The number of nitrogens with zero attached hydrogens (tertiary/aromatic N) is 3. The van der Waals surface area contributed by atoms with E-state index in [1.54, 1.807) is 4.57 Å². The molecule has 3 aromatic carbocycles.